The molecule has 0 N–H and O–H groups in total. The highest BCUT2D eigenvalue weighted by Gasteiger charge is 2.17. The third-order valence-electron chi connectivity index (χ3n) is 4.35. The van der Waals surface area contributed by atoms with E-state index in [4.69, 9.17) is 13.6 Å². The van der Waals surface area contributed by atoms with Crippen molar-refractivity contribution < 1.29 is 27.9 Å². The predicted octanol–water partition coefficient (Wildman–Crippen LogP) is 4.02. The Morgan fingerprint density at radius 2 is 1.81 bits per heavy atom. The molecule has 6 nitrogen and oxygen atoms in total. The second-order valence-electron chi connectivity index (χ2n) is 6.21. The van der Waals surface area contributed by atoms with E-state index in [1.807, 2.05) is 26.0 Å². The summed E-state index contributed by atoms with van der Waals surface area (Å²) in [5.41, 5.74) is 4.12. The van der Waals surface area contributed by atoms with Crippen molar-refractivity contribution in [2.75, 3.05) is 7.11 Å². The van der Waals surface area contributed by atoms with E-state index in [-0.39, 0.29) is 13.0 Å². The third-order valence-corrected chi connectivity index (χ3v) is 4.35. The molecule has 136 valence electrons. The Morgan fingerprint density at radius 1 is 1.08 bits per heavy atom. The van der Waals surface area contributed by atoms with Crippen molar-refractivity contribution in [2.24, 2.45) is 0 Å². The van der Waals surface area contributed by atoms with Crippen LogP contribution < -0.4 is 0 Å². The van der Waals surface area contributed by atoms with Gasteiger partial charge in [-0.1, -0.05) is 0 Å². The van der Waals surface area contributed by atoms with Gasteiger partial charge in [0, 0.05) is 10.9 Å². The Labute approximate surface area is 150 Å². The van der Waals surface area contributed by atoms with Gasteiger partial charge in [0.15, 0.2) is 0 Å². The minimum absolute atomic E-state index is 0.0510. The minimum Gasteiger partial charge on any atom is -0.465 e. The number of methoxy groups -OCH3 is 1. The predicted molar refractivity (Wildman–Crippen MR) is 94.0 cm³/mol. The molecule has 3 aromatic rings. The highest BCUT2D eigenvalue weighted by atomic mass is 16.5. The molecule has 2 heterocycles. The molecule has 0 aliphatic rings. The molecule has 1 aromatic carbocycles. The first kappa shape index (κ1) is 17.8. The molecule has 0 aliphatic heterocycles. The number of carbonyl (C=O) groups is 2. The maximum Gasteiger partial charge on any atom is 0.341 e. The van der Waals surface area contributed by atoms with Gasteiger partial charge >= 0.3 is 11.9 Å². The molecule has 2 aromatic heterocycles. The normalized spacial score (nSPS) is 10.9. The van der Waals surface area contributed by atoms with E-state index in [2.05, 4.69) is 4.74 Å². The molecule has 0 amide bonds. The Balaban J connectivity index is 1.67. The summed E-state index contributed by atoms with van der Waals surface area (Å²) in [7, 11) is 1.30. The van der Waals surface area contributed by atoms with Crippen molar-refractivity contribution in [1.29, 1.82) is 0 Å². The lowest BCUT2D eigenvalue weighted by Gasteiger charge is -2.03. The van der Waals surface area contributed by atoms with Crippen LogP contribution in [0.3, 0.4) is 0 Å². The summed E-state index contributed by atoms with van der Waals surface area (Å²) < 4.78 is 20.9. The van der Waals surface area contributed by atoms with E-state index in [1.165, 1.54) is 13.2 Å². The number of carbonyl (C=O) groups excluding carboxylic acids is 2. The highest BCUT2D eigenvalue weighted by molar-refractivity contribution is 5.90. The number of hydrogen-bond donors (Lipinski definition) is 0. The van der Waals surface area contributed by atoms with Crippen LogP contribution in [0.1, 0.15) is 38.6 Å². The van der Waals surface area contributed by atoms with Crippen molar-refractivity contribution in [3.8, 4) is 0 Å². The second-order valence-corrected chi connectivity index (χ2v) is 6.21. The summed E-state index contributed by atoms with van der Waals surface area (Å²) in [6.07, 6.45) is 1.68. The lowest BCUT2D eigenvalue weighted by atomic mass is 10.0. The zero-order chi connectivity index (χ0) is 18.8. The van der Waals surface area contributed by atoms with Crippen LogP contribution in [0.15, 0.2) is 33.3 Å². The average molecular weight is 356 g/mol. The monoisotopic (exact) mass is 356 g/mol. The molecule has 0 unspecified atom stereocenters. The molecular formula is C20H20O6. The lowest BCUT2D eigenvalue weighted by molar-refractivity contribution is -0.144. The van der Waals surface area contributed by atoms with Gasteiger partial charge in [0.05, 0.1) is 19.8 Å². The fourth-order valence-corrected chi connectivity index (χ4v) is 2.76. The number of benzene rings is 1. The van der Waals surface area contributed by atoms with Gasteiger partial charge in [-0.25, -0.2) is 4.79 Å². The van der Waals surface area contributed by atoms with Gasteiger partial charge in [0.25, 0.3) is 0 Å². The quantitative estimate of drug-likeness (QED) is 0.642. The van der Waals surface area contributed by atoms with Crippen LogP contribution in [0, 0.1) is 20.8 Å². The van der Waals surface area contributed by atoms with Crippen LogP contribution >= 0.6 is 0 Å². The smallest absolute Gasteiger partial charge is 0.341 e. The molecule has 0 radical (unpaired) electrons. The number of esters is 2. The number of fused-ring (bicyclic) bond motifs is 1. The molecule has 0 saturated heterocycles. The summed E-state index contributed by atoms with van der Waals surface area (Å²) >= 11 is 0. The van der Waals surface area contributed by atoms with Crippen molar-refractivity contribution in [3.05, 3.63) is 58.2 Å². The number of hydrogen-bond acceptors (Lipinski definition) is 6. The molecule has 0 saturated carbocycles. The maximum atomic E-state index is 12.2. The molecule has 0 atom stereocenters. The zero-order valence-corrected chi connectivity index (χ0v) is 15.2. The SMILES string of the molecule is COC(=O)c1cc(COC(=O)Cc2coc3cc(C)c(C)cc23)oc1C. The van der Waals surface area contributed by atoms with Crippen LogP contribution in [0.2, 0.25) is 0 Å². The Bertz CT molecular complexity index is 976. The van der Waals surface area contributed by atoms with Gasteiger partial charge in [-0.3, -0.25) is 4.79 Å². The maximum absolute atomic E-state index is 12.2. The standard InChI is InChI=1S/C20H20O6/c1-11-5-17-14(9-24-18(17)6-12(11)2)7-19(21)25-10-15-8-16(13(3)26-15)20(22)23-4/h5-6,8-9H,7,10H2,1-4H3. The molecular weight excluding hydrogens is 336 g/mol. The summed E-state index contributed by atoms with van der Waals surface area (Å²) in [5, 5.41) is 0.909. The molecule has 0 bridgehead atoms. The summed E-state index contributed by atoms with van der Waals surface area (Å²) in [5.74, 6) is -0.0756. The zero-order valence-electron chi connectivity index (χ0n) is 15.2. The molecule has 26 heavy (non-hydrogen) atoms. The van der Waals surface area contributed by atoms with Crippen LogP contribution in [-0.4, -0.2) is 19.0 Å². The minimum atomic E-state index is -0.487. The molecule has 0 fully saturated rings. The number of furan rings is 2. The van der Waals surface area contributed by atoms with E-state index in [9.17, 15) is 9.59 Å². The van der Waals surface area contributed by atoms with E-state index in [0.29, 0.717) is 17.1 Å². The van der Waals surface area contributed by atoms with Gasteiger partial charge < -0.3 is 18.3 Å². The molecule has 0 aliphatic carbocycles. The summed E-state index contributed by atoms with van der Waals surface area (Å²) in [6, 6.07) is 5.49. The second kappa shape index (κ2) is 7.07. The van der Waals surface area contributed by atoms with Gasteiger partial charge in [0.2, 0.25) is 0 Å². The van der Waals surface area contributed by atoms with Crippen molar-refractivity contribution >= 4 is 22.9 Å². The lowest BCUT2D eigenvalue weighted by Crippen LogP contribution is -2.07. The molecule has 3 rings (SSSR count). The van der Waals surface area contributed by atoms with Crippen LogP contribution in [0.5, 0.6) is 0 Å². The first-order valence-corrected chi connectivity index (χ1v) is 8.19. The van der Waals surface area contributed by atoms with E-state index < -0.39 is 11.9 Å². The van der Waals surface area contributed by atoms with E-state index in [0.717, 1.165) is 27.7 Å². The first-order chi connectivity index (χ1) is 12.4. The number of aryl methyl sites for hydroxylation is 3. The van der Waals surface area contributed by atoms with Crippen molar-refractivity contribution in [1.82, 2.24) is 0 Å². The fraction of sp³-hybridized carbons (Fsp3) is 0.300. The van der Waals surface area contributed by atoms with Gasteiger partial charge in [-0.05, 0) is 50.1 Å². The van der Waals surface area contributed by atoms with Crippen LogP contribution in [-0.2, 0) is 27.3 Å². The molecule has 6 heteroatoms. The highest BCUT2D eigenvalue weighted by Crippen LogP contribution is 2.25. The third kappa shape index (κ3) is 3.49. The fourth-order valence-electron chi connectivity index (χ4n) is 2.76. The molecule has 0 spiro atoms. The summed E-state index contributed by atoms with van der Waals surface area (Å²) in [6.45, 7) is 5.63. The van der Waals surface area contributed by atoms with Crippen molar-refractivity contribution in [2.45, 2.75) is 33.8 Å². The topological polar surface area (TPSA) is 78.9 Å². The largest absolute Gasteiger partial charge is 0.465 e. The van der Waals surface area contributed by atoms with Gasteiger partial charge in [-0.2, -0.15) is 0 Å². The Morgan fingerprint density at radius 3 is 2.54 bits per heavy atom. The first-order valence-electron chi connectivity index (χ1n) is 8.19. The van der Waals surface area contributed by atoms with E-state index >= 15 is 0 Å². The van der Waals surface area contributed by atoms with Crippen molar-refractivity contribution in [3.63, 3.8) is 0 Å². The number of ether oxygens (including phenoxy) is 2. The Kier molecular flexibility index (Phi) is 4.84. The van der Waals surface area contributed by atoms with Gasteiger partial charge in [0.1, 0.15) is 29.3 Å². The average Bonchev–Trinajstić information content (AvgIpc) is 3.16. The summed E-state index contributed by atoms with van der Waals surface area (Å²) in [4.78, 5) is 23.7. The van der Waals surface area contributed by atoms with E-state index in [1.54, 1.807) is 13.2 Å². The van der Waals surface area contributed by atoms with Crippen LogP contribution in [0.4, 0.5) is 0 Å². The van der Waals surface area contributed by atoms with Gasteiger partial charge in [-0.15, -0.1) is 0 Å². The Hall–Kier alpha value is -3.02. The number of rotatable bonds is 5. The van der Waals surface area contributed by atoms with Crippen LogP contribution in [0.25, 0.3) is 11.0 Å².